The fraction of sp³-hybridized carbons (Fsp3) is 0.519. The van der Waals surface area contributed by atoms with Gasteiger partial charge in [-0.2, -0.15) is 0 Å². The van der Waals surface area contributed by atoms with Gasteiger partial charge in [-0.3, -0.25) is 4.79 Å². The summed E-state index contributed by atoms with van der Waals surface area (Å²) in [5, 5.41) is 15.9. The second kappa shape index (κ2) is 8.93. The molecule has 7 nitrogen and oxygen atoms in total. The normalized spacial score (nSPS) is 20.4. The quantitative estimate of drug-likeness (QED) is 0.580. The number of fused-ring (bicyclic) bond motifs is 4. The van der Waals surface area contributed by atoms with Gasteiger partial charge in [-0.1, -0.05) is 0 Å². The maximum Gasteiger partial charge on any atom is 0.340 e. The predicted molar refractivity (Wildman–Crippen MR) is 126 cm³/mol. The highest BCUT2D eigenvalue weighted by Gasteiger charge is 2.25. The Bertz CT molecular complexity index is 1340. The van der Waals surface area contributed by atoms with Gasteiger partial charge in [-0.15, -0.1) is 0 Å². The number of rotatable bonds is 5. The summed E-state index contributed by atoms with van der Waals surface area (Å²) < 4.78 is 11.9. The number of amides is 1. The molecule has 1 fully saturated rings. The average Bonchev–Trinajstić information content (AvgIpc) is 3.21. The number of furan rings is 1. The number of nitrogens with one attached hydrogen (secondary N) is 1. The van der Waals surface area contributed by atoms with Gasteiger partial charge in [0.05, 0.1) is 12.0 Å². The minimum Gasteiger partial charge on any atom is -0.550 e. The molecule has 5 rings (SSSR count). The lowest BCUT2D eigenvalue weighted by atomic mass is 9.82. The van der Waals surface area contributed by atoms with Crippen LogP contribution in [0, 0.1) is 25.7 Å². The van der Waals surface area contributed by atoms with Gasteiger partial charge in [0.2, 0.25) is 5.91 Å². The van der Waals surface area contributed by atoms with Crippen molar-refractivity contribution in [3.8, 4) is 0 Å². The Morgan fingerprint density at radius 3 is 2.44 bits per heavy atom. The van der Waals surface area contributed by atoms with E-state index in [0.717, 1.165) is 71.8 Å². The van der Waals surface area contributed by atoms with Crippen LogP contribution in [0.25, 0.3) is 21.9 Å². The fourth-order valence-corrected chi connectivity index (χ4v) is 5.70. The van der Waals surface area contributed by atoms with Gasteiger partial charge in [-0.25, -0.2) is 4.79 Å². The van der Waals surface area contributed by atoms with Crippen molar-refractivity contribution in [3.05, 3.63) is 44.5 Å². The fourth-order valence-electron chi connectivity index (χ4n) is 5.70. The average molecular weight is 465 g/mol. The standard InChI is InChI=1S/C27H31NO6/c1-14-19-11-21-18-5-3-4-6-22(18)33-25(21)15(2)24(19)34-27(32)20(14)12-23(29)28-13-16-7-9-17(10-8-16)26(30)31/h11,16-17H,3-10,12-13H2,1-2H3,(H,28,29)(H,30,31)/p-1. The summed E-state index contributed by atoms with van der Waals surface area (Å²) in [6.07, 6.45) is 6.81. The number of carbonyl (C=O) groups is 2. The summed E-state index contributed by atoms with van der Waals surface area (Å²) in [6.45, 7) is 4.28. The molecule has 7 heteroatoms. The van der Waals surface area contributed by atoms with Crippen LogP contribution < -0.4 is 16.0 Å². The maximum atomic E-state index is 12.8. The number of benzene rings is 1. The van der Waals surface area contributed by atoms with Crippen LogP contribution in [0.15, 0.2) is 19.7 Å². The largest absolute Gasteiger partial charge is 0.550 e. The van der Waals surface area contributed by atoms with Crippen LogP contribution in [0.4, 0.5) is 0 Å². The summed E-state index contributed by atoms with van der Waals surface area (Å²) in [6, 6.07) is 2.06. The molecule has 0 atom stereocenters. The number of aliphatic carboxylic acids is 1. The smallest absolute Gasteiger partial charge is 0.340 e. The number of aryl methyl sites for hydroxylation is 4. The Morgan fingerprint density at radius 1 is 1.00 bits per heavy atom. The zero-order chi connectivity index (χ0) is 24.0. The van der Waals surface area contributed by atoms with Crippen molar-refractivity contribution in [3.63, 3.8) is 0 Å². The molecule has 0 aliphatic heterocycles. The lowest BCUT2D eigenvalue weighted by molar-refractivity contribution is -0.312. The van der Waals surface area contributed by atoms with E-state index in [0.29, 0.717) is 30.5 Å². The summed E-state index contributed by atoms with van der Waals surface area (Å²) in [7, 11) is 0. The van der Waals surface area contributed by atoms with Crippen LogP contribution in [-0.4, -0.2) is 18.4 Å². The molecule has 1 amide bonds. The van der Waals surface area contributed by atoms with Crippen LogP contribution in [0.5, 0.6) is 0 Å². The molecule has 2 aliphatic carbocycles. The van der Waals surface area contributed by atoms with Crippen molar-refractivity contribution < 1.29 is 23.5 Å². The molecule has 2 aromatic heterocycles. The molecule has 0 spiro atoms. The van der Waals surface area contributed by atoms with E-state index in [1.165, 1.54) is 5.56 Å². The Kier molecular flexibility index (Phi) is 5.96. The minimum absolute atomic E-state index is 0.0426. The molecule has 1 saturated carbocycles. The van der Waals surface area contributed by atoms with Crippen molar-refractivity contribution in [1.29, 1.82) is 0 Å². The zero-order valence-electron chi connectivity index (χ0n) is 19.8. The predicted octanol–water partition coefficient (Wildman–Crippen LogP) is 3.25. The van der Waals surface area contributed by atoms with Crippen molar-refractivity contribution >= 4 is 33.8 Å². The Balaban J connectivity index is 1.37. The molecular weight excluding hydrogens is 434 g/mol. The monoisotopic (exact) mass is 464 g/mol. The molecule has 0 saturated heterocycles. The highest BCUT2D eigenvalue weighted by Crippen LogP contribution is 2.38. The number of hydrogen-bond acceptors (Lipinski definition) is 6. The van der Waals surface area contributed by atoms with Gasteiger partial charge in [-0.05, 0) is 82.3 Å². The number of carboxylic acid groups (broad SMARTS) is 1. The minimum atomic E-state index is -0.982. The SMILES string of the molecule is Cc1c(CC(=O)NCC2CCC(C(=O)[O-])CC2)c(=O)oc2c(C)c3oc4c(c3cc12)CCCC4. The van der Waals surface area contributed by atoms with Crippen molar-refractivity contribution in [2.24, 2.45) is 11.8 Å². The van der Waals surface area contributed by atoms with E-state index < -0.39 is 11.6 Å². The van der Waals surface area contributed by atoms with Gasteiger partial charge in [0.15, 0.2) is 0 Å². The molecule has 1 N–H and O–H groups in total. The third-order valence-electron chi connectivity index (χ3n) is 7.83. The Hall–Kier alpha value is -3.09. The lowest BCUT2D eigenvalue weighted by Crippen LogP contribution is -2.37. The van der Waals surface area contributed by atoms with Gasteiger partial charge >= 0.3 is 5.63 Å². The van der Waals surface area contributed by atoms with Crippen LogP contribution in [0.2, 0.25) is 0 Å². The number of carbonyl (C=O) groups excluding carboxylic acids is 2. The highest BCUT2D eigenvalue weighted by atomic mass is 16.4. The van der Waals surface area contributed by atoms with E-state index in [1.54, 1.807) is 0 Å². The topological polar surface area (TPSA) is 113 Å². The third-order valence-corrected chi connectivity index (χ3v) is 7.83. The molecule has 3 aromatic rings. The molecule has 0 bridgehead atoms. The van der Waals surface area contributed by atoms with E-state index in [1.807, 2.05) is 13.8 Å². The summed E-state index contributed by atoms with van der Waals surface area (Å²) in [5.41, 5.74) is 4.05. The summed E-state index contributed by atoms with van der Waals surface area (Å²) in [5.74, 6) is -0.308. The van der Waals surface area contributed by atoms with E-state index >= 15 is 0 Å². The highest BCUT2D eigenvalue weighted by molar-refractivity contribution is 6.00. The van der Waals surface area contributed by atoms with Crippen LogP contribution in [-0.2, 0) is 28.9 Å². The Labute approximate surface area is 197 Å². The molecular formula is C27H30NO6-. The third kappa shape index (κ3) is 4.01. The molecule has 0 unspecified atom stereocenters. The van der Waals surface area contributed by atoms with Gasteiger partial charge in [0.25, 0.3) is 0 Å². The molecule has 180 valence electrons. The number of hydrogen-bond donors (Lipinski definition) is 1. The van der Waals surface area contributed by atoms with Gasteiger partial charge in [0.1, 0.15) is 16.9 Å². The first kappa shape index (κ1) is 22.7. The zero-order valence-corrected chi connectivity index (χ0v) is 19.8. The maximum absolute atomic E-state index is 12.8. The Morgan fingerprint density at radius 2 is 1.71 bits per heavy atom. The molecule has 2 heterocycles. The van der Waals surface area contributed by atoms with Gasteiger partial charge < -0.3 is 24.1 Å². The first-order chi connectivity index (χ1) is 16.3. The van der Waals surface area contributed by atoms with E-state index in [-0.39, 0.29) is 24.2 Å². The van der Waals surface area contributed by atoms with Crippen LogP contribution >= 0.6 is 0 Å². The van der Waals surface area contributed by atoms with Crippen LogP contribution in [0.3, 0.4) is 0 Å². The molecule has 2 aliphatic rings. The van der Waals surface area contributed by atoms with Crippen molar-refractivity contribution in [2.75, 3.05) is 6.54 Å². The summed E-state index contributed by atoms with van der Waals surface area (Å²) >= 11 is 0. The molecule has 1 aromatic carbocycles. The first-order valence-electron chi connectivity index (χ1n) is 12.3. The molecule has 34 heavy (non-hydrogen) atoms. The van der Waals surface area contributed by atoms with Crippen molar-refractivity contribution in [1.82, 2.24) is 5.32 Å². The van der Waals surface area contributed by atoms with E-state index in [9.17, 15) is 19.5 Å². The van der Waals surface area contributed by atoms with Gasteiger partial charge in [0, 0.05) is 40.8 Å². The first-order valence-corrected chi connectivity index (χ1v) is 12.3. The van der Waals surface area contributed by atoms with E-state index in [2.05, 4.69) is 11.4 Å². The molecule has 0 radical (unpaired) electrons. The van der Waals surface area contributed by atoms with Crippen LogP contribution in [0.1, 0.15) is 66.5 Å². The van der Waals surface area contributed by atoms with Crippen molar-refractivity contribution in [2.45, 2.75) is 71.6 Å². The number of carboxylic acids is 1. The summed E-state index contributed by atoms with van der Waals surface area (Å²) in [4.78, 5) is 36.5. The second-order valence-corrected chi connectivity index (χ2v) is 9.98. The lowest BCUT2D eigenvalue weighted by Gasteiger charge is -2.29. The second-order valence-electron chi connectivity index (χ2n) is 9.98. The van der Waals surface area contributed by atoms with E-state index in [4.69, 9.17) is 8.83 Å².